The number of carbonyl (C=O) groups excluding carboxylic acids is 2. The van der Waals surface area contributed by atoms with Crippen LogP contribution >= 0.6 is 0 Å². The van der Waals surface area contributed by atoms with Crippen molar-refractivity contribution >= 4 is 22.6 Å². The summed E-state index contributed by atoms with van der Waals surface area (Å²) < 4.78 is 0. The number of nitrogens with one attached hydrogen (secondary N) is 2. The summed E-state index contributed by atoms with van der Waals surface area (Å²) in [6, 6.07) is 7.68. The van der Waals surface area contributed by atoms with Gasteiger partial charge in [-0.15, -0.1) is 0 Å². The monoisotopic (exact) mass is 284 g/mol. The number of aromatic amines is 1. The number of fused-ring (bicyclic) bond motifs is 1. The molecule has 1 amide bonds. The number of rotatable bonds is 3. The molecule has 0 saturated heterocycles. The van der Waals surface area contributed by atoms with Crippen LogP contribution in [0, 0.1) is 0 Å². The van der Waals surface area contributed by atoms with Gasteiger partial charge in [0.1, 0.15) is 0 Å². The molecule has 0 spiro atoms. The Labute approximate surface area is 123 Å². The van der Waals surface area contributed by atoms with Gasteiger partial charge in [0.25, 0.3) is 11.7 Å². The first kappa shape index (κ1) is 13.9. The van der Waals surface area contributed by atoms with Crippen molar-refractivity contribution in [2.24, 2.45) is 0 Å². The maximum absolute atomic E-state index is 12.3. The number of hydrogen-bond acceptors (Lipinski definition) is 2. The highest BCUT2D eigenvalue weighted by Crippen LogP contribution is 2.20. The number of ketones is 1. The lowest BCUT2D eigenvalue weighted by Crippen LogP contribution is -2.39. The number of para-hydroxylation sites is 1. The van der Waals surface area contributed by atoms with E-state index in [1.54, 1.807) is 6.20 Å². The molecule has 1 aliphatic rings. The standard InChI is InChI=1S/C17H20N2O2/c20-16(14-11-18-15-10-6-5-9-13(14)15)17(21)19-12-7-3-1-2-4-8-12/h5-6,9-12,18H,1-4,7-8H2,(H,19,21). The summed E-state index contributed by atoms with van der Waals surface area (Å²) in [6.45, 7) is 0. The van der Waals surface area contributed by atoms with Crippen LogP contribution in [0.15, 0.2) is 30.5 Å². The number of aromatic nitrogens is 1. The van der Waals surface area contributed by atoms with Crippen molar-refractivity contribution in [1.82, 2.24) is 10.3 Å². The largest absolute Gasteiger partial charge is 0.360 e. The van der Waals surface area contributed by atoms with Crippen LogP contribution in [0.2, 0.25) is 0 Å². The molecular formula is C17H20N2O2. The number of carbonyl (C=O) groups is 2. The van der Waals surface area contributed by atoms with E-state index in [4.69, 9.17) is 0 Å². The second-order valence-electron chi connectivity index (χ2n) is 5.74. The molecule has 1 saturated carbocycles. The molecule has 0 aliphatic heterocycles. The summed E-state index contributed by atoms with van der Waals surface area (Å²) in [6.07, 6.45) is 8.30. The van der Waals surface area contributed by atoms with E-state index in [1.165, 1.54) is 12.8 Å². The van der Waals surface area contributed by atoms with E-state index in [9.17, 15) is 9.59 Å². The Morgan fingerprint density at radius 1 is 1.05 bits per heavy atom. The summed E-state index contributed by atoms with van der Waals surface area (Å²) in [4.78, 5) is 27.6. The lowest BCUT2D eigenvalue weighted by molar-refractivity contribution is -0.117. The van der Waals surface area contributed by atoms with Crippen LogP contribution in [0.25, 0.3) is 10.9 Å². The van der Waals surface area contributed by atoms with Gasteiger partial charge in [0.2, 0.25) is 0 Å². The predicted octanol–water partition coefficient (Wildman–Crippen LogP) is 3.19. The first-order valence-electron chi connectivity index (χ1n) is 7.67. The highest BCUT2D eigenvalue weighted by molar-refractivity contribution is 6.45. The van der Waals surface area contributed by atoms with Gasteiger partial charge in [0.15, 0.2) is 0 Å². The quantitative estimate of drug-likeness (QED) is 0.516. The zero-order valence-corrected chi connectivity index (χ0v) is 12.0. The normalized spacial score (nSPS) is 16.6. The molecule has 0 radical (unpaired) electrons. The molecule has 0 bridgehead atoms. The molecule has 2 aromatic rings. The molecule has 1 fully saturated rings. The van der Waals surface area contributed by atoms with E-state index < -0.39 is 11.7 Å². The van der Waals surface area contributed by atoms with Crippen LogP contribution < -0.4 is 5.32 Å². The maximum atomic E-state index is 12.3. The third-order valence-electron chi connectivity index (χ3n) is 4.23. The molecule has 1 aromatic carbocycles. The molecule has 4 nitrogen and oxygen atoms in total. The fourth-order valence-electron chi connectivity index (χ4n) is 3.06. The molecule has 3 rings (SSSR count). The Hall–Kier alpha value is -2.10. The van der Waals surface area contributed by atoms with Gasteiger partial charge in [-0.1, -0.05) is 43.9 Å². The first-order valence-corrected chi connectivity index (χ1v) is 7.67. The highest BCUT2D eigenvalue weighted by Gasteiger charge is 2.23. The van der Waals surface area contributed by atoms with Crippen molar-refractivity contribution in [3.63, 3.8) is 0 Å². The van der Waals surface area contributed by atoms with E-state index in [0.717, 1.165) is 36.6 Å². The fraction of sp³-hybridized carbons (Fsp3) is 0.412. The van der Waals surface area contributed by atoms with Crippen LogP contribution in [-0.4, -0.2) is 22.7 Å². The molecule has 0 atom stereocenters. The Balaban J connectivity index is 1.73. The maximum Gasteiger partial charge on any atom is 0.292 e. The third-order valence-corrected chi connectivity index (χ3v) is 4.23. The average Bonchev–Trinajstić information content (AvgIpc) is 2.76. The van der Waals surface area contributed by atoms with Gasteiger partial charge >= 0.3 is 0 Å². The molecule has 21 heavy (non-hydrogen) atoms. The minimum atomic E-state index is -0.480. The lowest BCUT2D eigenvalue weighted by Gasteiger charge is -2.15. The van der Waals surface area contributed by atoms with E-state index in [0.29, 0.717) is 5.56 Å². The Morgan fingerprint density at radius 3 is 2.52 bits per heavy atom. The van der Waals surface area contributed by atoms with Crippen molar-refractivity contribution < 1.29 is 9.59 Å². The van der Waals surface area contributed by atoms with Gasteiger partial charge in [0.05, 0.1) is 5.56 Å². The summed E-state index contributed by atoms with van der Waals surface area (Å²) in [5.74, 6) is -0.927. The number of hydrogen-bond donors (Lipinski definition) is 2. The van der Waals surface area contributed by atoms with E-state index in [1.807, 2.05) is 24.3 Å². The minimum absolute atomic E-state index is 0.147. The second-order valence-corrected chi connectivity index (χ2v) is 5.74. The summed E-state index contributed by atoms with van der Waals surface area (Å²) in [5, 5.41) is 3.71. The molecule has 4 heteroatoms. The Bertz CT molecular complexity index is 652. The van der Waals surface area contributed by atoms with Crippen LogP contribution in [-0.2, 0) is 4.79 Å². The number of H-pyrrole nitrogens is 1. The van der Waals surface area contributed by atoms with E-state index >= 15 is 0 Å². The second kappa shape index (κ2) is 6.12. The predicted molar refractivity (Wildman–Crippen MR) is 82.3 cm³/mol. The molecule has 1 heterocycles. The highest BCUT2D eigenvalue weighted by atomic mass is 16.2. The molecule has 2 N–H and O–H groups in total. The van der Waals surface area contributed by atoms with Crippen molar-refractivity contribution in [3.05, 3.63) is 36.0 Å². The van der Waals surface area contributed by atoms with Gasteiger partial charge in [-0.3, -0.25) is 9.59 Å². The zero-order valence-electron chi connectivity index (χ0n) is 12.0. The smallest absolute Gasteiger partial charge is 0.292 e. The van der Waals surface area contributed by atoms with Gasteiger partial charge in [-0.25, -0.2) is 0 Å². The van der Waals surface area contributed by atoms with Gasteiger partial charge < -0.3 is 10.3 Å². The molecular weight excluding hydrogens is 264 g/mol. The Morgan fingerprint density at radius 2 is 1.76 bits per heavy atom. The fourth-order valence-corrected chi connectivity index (χ4v) is 3.06. The van der Waals surface area contributed by atoms with Gasteiger partial charge in [0, 0.05) is 23.1 Å². The van der Waals surface area contributed by atoms with Crippen LogP contribution in [0.1, 0.15) is 48.9 Å². The van der Waals surface area contributed by atoms with Crippen molar-refractivity contribution in [1.29, 1.82) is 0 Å². The van der Waals surface area contributed by atoms with Crippen molar-refractivity contribution in [2.45, 2.75) is 44.6 Å². The SMILES string of the molecule is O=C(NC1CCCCCC1)C(=O)c1c[nH]c2ccccc12. The number of amides is 1. The van der Waals surface area contributed by atoms with Gasteiger partial charge in [-0.2, -0.15) is 0 Å². The Kier molecular flexibility index (Phi) is 4.04. The lowest BCUT2D eigenvalue weighted by atomic mass is 10.1. The summed E-state index contributed by atoms with van der Waals surface area (Å²) in [7, 11) is 0. The van der Waals surface area contributed by atoms with Gasteiger partial charge in [-0.05, 0) is 18.9 Å². The summed E-state index contributed by atoms with van der Waals surface area (Å²) in [5.41, 5.74) is 1.33. The minimum Gasteiger partial charge on any atom is -0.360 e. The molecule has 1 aromatic heterocycles. The van der Waals surface area contributed by atoms with Crippen LogP contribution in [0.3, 0.4) is 0 Å². The number of Topliss-reactive ketones (excluding diaryl/α,β-unsaturated/α-hetero) is 1. The van der Waals surface area contributed by atoms with Crippen LogP contribution in [0.5, 0.6) is 0 Å². The average molecular weight is 284 g/mol. The third kappa shape index (κ3) is 2.99. The van der Waals surface area contributed by atoms with Crippen LogP contribution in [0.4, 0.5) is 0 Å². The topological polar surface area (TPSA) is 62.0 Å². The first-order chi connectivity index (χ1) is 10.3. The van der Waals surface area contributed by atoms with Crippen molar-refractivity contribution in [3.8, 4) is 0 Å². The molecule has 110 valence electrons. The molecule has 0 unspecified atom stereocenters. The van der Waals surface area contributed by atoms with E-state index in [-0.39, 0.29) is 6.04 Å². The molecule has 1 aliphatic carbocycles. The van der Waals surface area contributed by atoms with E-state index in [2.05, 4.69) is 10.3 Å². The van der Waals surface area contributed by atoms with Crippen molar-refractivity contribution in [2.75, 3.05) is 0 Å². The zero-order chi connectivity index (χ0) is 14.7. The number of benzene rings is 1. The summed E-state index contributed by atoms with van der Waals surface area (Å²) >= 11 is 0.